The van der Waals surface area contributed by atoms with Crippen molar-refractivity contribution in [2.45, 2.75) is 32.6 Å². The molecule has 0 spiro atoms. The van der Waals surface area contributed by atoms with Crippen LogP contribution in [0.25, 0.3) is 0 Å². The molecule has 0 radical (unpaired) electrons. The highest BCUT2D eigenvalue weighted by atomic mass is 16.5. The Morgan fingerprint density at radius 2 is 2.30 bits per heavy atom. The largest absolute Gasteiger partial charge is 0.475 e. The number of carbonyl (C=O) groups is 2. The lowest BCUT2D eigenvalue weighted by molar-refractivity contribution is -0.118. The van der Waals surface area contributed by atoms with Crippen molar-refractivity contribution in [3.63, 3.8) is 0 Å². The molecule has 0 saturated carbocycles. The van der Waals surface area contributed by atoms with Crippen molar-refractivity contribution < 1.29 is 18.8 Å². The van der Waals surface area contributed by atoms with Gasteiger partial charge in [0.2, 0.25) is 0 Å². The molecule has 1 aromatic heterocycles. The smallest absolute Gasteiger partial charge is 0.265 e. The van der Waals surface area contributed by atoms with E-state index in [1.54, 1.807) is 0 Å². The van der Waals surface area contributed by atoms with Gasteiger partial charge in [0.1, 0.15) is 5.56 Å². The van der Waals surface area contributed by atoms with Crippen LogP contribution in [0.15, 0.2) is 16.7 Å². The van der Waals surface area contributed by atoms with Crippen molar-refractivity contribution in [2.24, 2.45) is 11.8 Å². The number of ether oxygens (including phenoxy) is 1. The number of nitrogens with zero attached hydrogens (tertiary/aromatic N) is 1. The Hall–Kier alpha value is -1.91. The van der Waals surface area contributed by atoms with Crippen LogP contribution in [0.3, 0.4) is 0 Å². The van der Waals surface area contributed by atoms with Crippen LogP contribution in [0.2, 0.25) is 0 Å². The number of rotatable bonds is 4. The van der Waals surface area contributed by atoms with Gasteiger partial charge >= 0.3 is 0 Å². The summed E-state index contributed by atoms with van der Waals surface area (Å²) in [5, 5.41) is 3.85. The summed E-state index contributed by atoms with van der Waals surface area (Å²) < 4.78 is 10.8. The first-order valence-corrected chi connectivity index (χ1v) is 7.08. The zero-order valence-corrected chi connectivity index (χ0v) is 11.4. The topological polar surface area (TPSA) is 69.4 Å². The molecule has 2 aliphatic rings. The molecule has 0 bridgehead atoms. The molecule has 0 N–H and O–H groups in total. The van der Waals surface area contributed by atoms with Crippen LogP contribution in [-0.4, -0.2) is 23.3 Å². The molecule has 0 fully saturated rings. The van der Waals surface area contributed by atoms with Gasteiger partial charge in [-0.2, -0.15) is 0 Å². The lowest BCUT2D eigenvalue weighted by Gasteiger charge is -2.28. The normalized spacial score (nSPS) is 24.4. The summed E-state index contributed by atoms with van der Waals surface area (Å²) in [6.45, 7) is 2.56. The second-order valence-electron chi connectivity index (χ2n) is 5.33. The van der Waals surface area contributed by atoms with E-state index in [2.05, 4.69) is 12.1 Å². The highest BCUT2D eigenvalue weighted by molar-refractivity contribution is 6.16. The quantitative estimate of drug-likeness (QED) is 0.623. The number of unbranched alkanes of at least 4 members (excludes halogenated alkanes) is 1. The molecule has 5 heteroatoms. The minimum atomic E-state index is -0.583. The molecule has 0 aromatic carbocycles. The van der Waals surface area contributed by atoms with Gasteiger partial charge in [0.05, 0.1) is 12.5 Å². The minimum Gasteiger partial charge on any atom is -0.475 e. The molecule has 1 aromatic rings. The lowest BCUT2D eigenvalue weighted by Crippen LogP contribution is -2.37. The third-order valence-electron chi connectivity index (χ3n) is 3.94. The van der Waals surface area contributed by atoms with Crippen LogP contribution in [0, 0.1) is 11.8 Å². The van der Waals surface area contributed by atoms with Crippen molar-refractivity contribution in [1.29, 1.82) is 0 Å². The van der Waals surface area contributed by atoms with Gasteiger partial charge in [0.25, 0.3) is 5.88 Å². The first kappa shape index (κ1) is 13.1. The number of aromatic nitrogens is 1. The second kappa shape index (κ2) is 5.23. The molecule has 2 aliphatic carbocycles. The van der Waals surface area contributed by atoms with Crippen LogP contribution in [0.1, 0.15) is 42.3 Å². The van der Waals surface area contributed by atoms with Gasteiger partial charge in [-0.05, 0) is 30.0 Å². The molecule has 5 nitrogen and oxygen atoms in total. The molecule has 0 aliphatic heterocycles. The maximum atomic E-state index is 12.5. The van der Waals surface area contributed by atoms with Gasteiger partial charge < -0.3 is 9.26 Å². The molecular formula is C15H17NO4. The van der Waals surface area contributed by atoms with Gasteiger partial charge in [-0.25, -0.2) is 0 Å². The fourth-order valence-electron chi connectivity index (χ4n) is 2.87. The number of fused-ring (bicyclic) bond motifs is 2. The standard InChI is InChI=1S/C15H17NO4/c1-2-3-7-19-15-13-11(20-16-15)8-9-5-4-6-10(17)12(9)14(13)18/h4,6,9,12H,2-3,5,7-8H2,1H3/t9-,12?/m0/s1. The average molecular weight is 275 g/mol. The Bertz CT molecular complexity index is 572. The molecule has 3 rings (SSSR count). The third kappa shape index (κ3) is 2.07. The summed E-state index contributed by atoms with van der Waals surface area (Å²) in [6.07, 6.45) is 6.54. The van der Waals surface area contributed by atoms with E-state index in [4.69, 9.17) is 9.26 Å². The monoisotopic (exact) mass is 275 g/mol. The van der Waals surface area contributed by atoms with Gasteiger partial charge in [-0.1, -0.05) is 19.4 Å². The number of hydrogen-bond donors (Lipinski definition) is 0. The van der Waals surface area contributed by atoms with Crippen LogP contribution in [0.5, 0.6) is 5.88 Å². The fraction of sp³-hybridized carbons (Fsp3) is 0.533. The summed E-state index contributed by atoms with van der Waals surface area (Å²) in [4.78, 5) is 24.5. The maximum absolute atomic E-state index is 12.5. The minimum absolute atomic E-state index is 0.00365. The number of carbonyl (C=O) groups excluding carboxylic acids is 2. The SMILES string of the molecule is CCCCOc1noc2c1C(=O)C1C(=O)C=CC[C@H]1C2. The molecule has 20 heavy (non-hydrogen) atoms. The third-order valence-corrected chi connectivity index (χ3v) is 3.94. The summed E-state index contributed by atoms with van der Waals surface area (Å²) in [7, 11) is 0. The number of hydrogen-bond acceptors (Lipinski definition) is 5. The predicted molar refractivity (Wildman–Crippen MR) is 70.7 cm³/mol. The van der Waals surface area contributed by atoms with Crippen molar-refractivity contribution in [1.82, 2.24) is 5.16 Å². The van der Waals surface area contributed by atoms with Crippen LogP contribution >= 0.6 is 0 Å². The first-order valence-electron chi connectivity index (χ1n) is 7.08. The molecular weight excluding hydrogens is 258 g/mol. The van der Waals surface area contributed by atoms with Crippen LogP contribution in [0.4, 0.5) is 0 Å². The highest BCUT2D eigenvalue weighted by Crippen LogP contribution is 2.39. The van der Waals surface area contributed by atoms with Crippen molar-refractivity contribution in [3.05, 3.63) is 23.5 Å². The van der Waals surface area contributed by atoms with Crippen LogP contribution < -0.4 is 4.74 Å². The van der Waals surface area contributed by atoms with E-state index in [1.807, 2.05) is 6.08 Å². The van der Waals surface area contributed by atoms with Crippen LogP contribution in [-0.2, 0) is 11.2 Å². The van der Waals surface area contributed by atoms with Gasteiger partial charge in [0.15, 0.2) is 17.3 Å². The van der Waals surface area contributed by atoms with E-state index in [0.717, 1.165) is 19.3 Å². The number of ketones is 2. The lowest BCUT2D eigenvalue weighted by atomic mass is 9.71. The predicted octanol–water partition coefficient (Wildman–Crippen LogP) is 2.35. The number of allylic oxidation sites excluding steroid dienone is 2. The zero-order valence-electron chi connectivity index (χ0n) is 11.4. The summed E-state index contributed by atoms with van der Waals surface area (Å²) in [5.74, 6) is -0.0783. The van der Waals surface area contributed by atoms with Crippen molar-refractivity contribution >= 4 is 11.6 Å². The van der Waals surface area contributed by atoms with Crippen molar-refractivity contribution in [2.75, 3.05) is 6.61 Å². The molecule has 1 heterocycles. The molecule has 0 saturated heterocycles. The number of Topliss-reactive ketones (excluding diaryl/α,β-unsaturated/α-hetero) is 1. The summed E-state index contributed by atoms with van der Waals surface area (Å²) in [5.41, 5.74) is 0.381. The molecule has 0 amide bonds. The fourth-order valence-corrected chi connectivity index (χ4v) is 2.87. The summed E-state index contributed by atoms with van der Waals surface area (Å²) >= 11 is 0. The van der Waals surface area contributed by atoms with Crippen molar-refractivity contribution in [3.8, 4) is 5.88 Å². The molecule has 106 valence electrons. The van der Waals surface area contributed by atoms with E-state index in [9.17, 15) is 9.59 Å². The van der Waals surface area contributed by atoms with E-state index in [-0.39, 0.29) is 23.4 Å². The Kier molecular flexibility index (Phi) is 3.42. The Morgan fingerprint density at radius 1 is 1.45 bits per heavy atom. The Labute approximate surface area is 117 Å². The summed E-state index contributed by atoms with van der Waals surface area (Å²) in [6, 6.07) is 0. The van der Waals surface area contributed by atoms with E-state index < -0.39 is 5.92 Å². The first-order chi connectivity index (χ1) is 9.72. The van der Waals surface area contributed by atoms with E-state index in [1.165, 1.54) is 6.08 Å². The zero-order chi connectivity index (χ0) is 14.1. The molecule has 1 unspecified atom stereocenters. The van der Waals surface area contributed by atoms with E-state index in [0.29, 0.717) is 24.4 Å². The molecule has 2 atom stereocenters. The average Bonchev–Trinajstić information content (AvgIpc) is 2.83. The van der Waals surface area contributed by atoms with Gasteiger partial charge in [-0.15, -0.1) is 0 Å². The van der Waals surface area contributed by atoms with Gasteiger partial charge in [0, 0.05) is 6.42 Å². The maximum Gasteiger partial charge on any atom is 0.265 e. The Balaban J connectivity index is 1.88. The van der Waals surface area contributed by atoms with Gasteiger partial charge in [-0.3, -0.25) is 9.59 Å². The Morgan fingerprint density at radius 3 is 3.10 bits per heavy atom. The van der Waals surface area contributed by atoms with E-state index >= 15 is 0 Å². The second-order valence-corrected chi connectivity index (χ2v) is 5.33. The highest BCUT2D eigenvalue weighted by Gasteiger charge is 2.44.